The normalized spacial score (nSPS) is 18.0. The van der Waals surface area contributed by atoms with E-state index < -0.39 is 40.1 Å². The third-order valence-corrected chi connectivity index (χ3v) is 12.4. The SMILES string of the molecule is O=P(OCc1ccccc1)(OCc1ccccc1)OC[C@@H]1O[C@H](COP(=O)(OCc2ccccc2)OCc2ccccc2)[C@@H](OCc2ccccc2)[C@@H]1OCc1ccccc1. The molecule has 1 aliphatic heterocycles. The summed E-state index contributed by atoms with van der Waals surface area (Å²) in [6.07, 6.45) is -3.32. The first kappa shape index (κ1) is 44.5. The molecule has 4 atom stereocenters. The van der Waals surface area contributed by atoms with Crippen molar-refractivity contribution in [2.75, 3.05) is 13.2 Å². The zero-order valence-electron chi connectivity index (χ0n) is 33.7. The smallest absolute Gasteiger partial charge is 0.368 e. The van der Waals surface area contributed by atoms with Crippen molar-refractivity contribution in [3.05, 3.63) is 215 Å². The molecule has 0 bridgehead atoms. The zero-order chi connectivity index (χ0) is 42.0. The van der Waals surface area contributed by atoms with Crippen molar-refractivity contribution in [2.24, 2.45) is 0 Å². The van der Waals surface area contributed by atoms with Crippen LogP contribution in [0.25, 0.3) is 0 Å². The summed E-state index contributed by atoms with van der Waals surface area (Å²) in [6, 6.07) is 56.8. The molecule has 0 radical (unpaired) electrons. The van der Waals surface area contributed by atoms with Crippen LogP contribution in [0.3, 0.4) is 0 Å². The van der Waals surface area contributed by atoms with E-state index in [0.29, 0.717) is 0 Å². The molecule has 6 aromatic carbocycles. The van der Waals surface area contributed by atoms with Crippen molar-refractivity contribution < 1.29 is 50.5 Å². The molecule has 0 spiro atoms. The first-order chi connectivity index (χ1) is 29.9. The van der Waals surface area contributed by atoms with Crippen molar-refractivity contribution in [2.45, 2.75) is 64.1 Å². The molecular formula is C48H50O11P2. The Morgan fingerprint density at radius 2 is 0.557 bits per heavy atom. The number of hydrogen-bond acceptors (Lipinski definition) is 11. The van der Waals surface area contributed by atoms with E-state index in [4.69, 9.17) is 41.4 Å². The Morgan fingerprint density at radius 3 is 0.803 bits per heavy atom. The third-order valence-electron chi connectivity index (χ3n) is 9.70. The van der Waals surface area contributed by atoms with Gasteiger partial charge in [-0.15, -0.1) is 0 Å². The highest BCUT2D eigenvalue weighted by atomic mass is 31.2. The molecule has 6 aromatic rings. The van der Waals surface area contributed by atoms with Gasteiger partial charge in [0.25, 0.3) is 0 Å². The van der Waals surface area contributed by atoms with E-state index in [9.17, 15) is 9.13 Å². The second kappa shape index (κ2) is 23.0. The van der Waals surface area contributed by atoms with E-state index in [1.807, 2.05) is 182 Å². The van der Waals surface area contributed by atoms with Crippen LogP contribution in [-0.4, -0.2) is 37.6 Å². The first-order valence-corrected chi connectivity index (χ1v) is 23.0. The molecule has 1 heterocycles. The van der Waals surface area contributed by atoms with Crippen LogP contribution < -0.4 is 0 Å². The predicted molar refractivity (Wildman–Crippen MR) is 231 cm³/mol. The van der Waals surface area contributed by atoms with Crippen LogP contribution in [0, 0.1) is 0 Å². The molecule has 318 valence electrons. The lowest BCUT2D eigenvalue weighted by Gasteiger charge is -2.26. The molecule has 0 unspecified atom stereocenters. The Labute approximate surface area is 357 Å². The van der Waals surface area contributed by atoms with E-state index in [0.717, 1.165) is 33.4 Å². The first-order valence-electron chi connectivity index (χ1n) is 20.1. The van der Waals surface area contributed by atoms with Crippen molar-refractivity contribution >= 4 is 15.6 Å². The molecule has 1 saturated heterocycles. The van der Waals surface area contributed by atoms with E-state index in [2.05, 4.69) is 0 Å². The quantitative estimate of drug-likeness (QED) is 0.0541. The molecular weight excluding hydrogens is 814 g/mol. The van der Waals surface area contributed by atoms with Gasteiger partial charge in [-0.2, -0.15) is 0 Å². The average molecular weight is 865 g/mol. The van der Waals surface area contributed by atoms with Gasteiger partial charge in [-0.1, -0.05) is 182 Å². The van der Waals surface area contributed by atoms with Gasteiger partial charge in [0.1, 0.15) is 24.4 Å². The second-order valence-corrected chi connectivity index (χ2v) is 17.6. The van der Waals surface area contributed by atoms with E-state index in [-0.39, 0.29) is 52.9 Å². The summed E-state index contributed by atoms with van der Waals surface area (Å²) in [5, 5.41) is 0. The maximum absolute atomic E-state index is 14.4. The van der Waals surface area contributed by atoms with Crippen LogP contribution in [0.5, 0.6) is 0 Å². The average Bonchev–Trinajstić information content (AvgIpc) is 3.66. The number of benzene rings is 6. The summed E-state index contributed by atoms with van der Waals surface area (Å²) in [5.41, 5.74) is 4.98. The second-order valence-electron chi connectivity index (χ2n) is 14.3. The molecule has 0 saturated carbocycles. The van der Waals surface area contributed by atoms with E-state index in [1.54, 1.807) is 0 Å². The van der Waals surface area contributed by atoms with Crippen LogP contribution in [0.4, 0.5) is 0 Å². The van der Waals surface area contributed by atoms with E-state index >= 15 is 0 Å². The minimum Gasteiger partial charge on any atom is -0.368 e. The Morgan fingerprint density at radius 1 is 0.328 bits per heavy atom. The molecule has 1 aliphatic rings. The van der Waals surface area contributed by atoms with Gasteiger partial charge in [0.15, 0.2) is 0 Å². The Balaban J connectivity index is 1.13. The standard InChI is InChI=1S/C48H50O11P2/c49-60(53-33-41-23-11-3-12-24-41,54-34-42-25-13-4-14-26-42)57-37-45-47(51-31-39-19-7-1-8-20-39)48(52-32-40-21-9-2-10-22-40)46(59-45)38-58-61(50,55-35-43-27-15-5-16-28-43)56-36-44-29-17-6-18-30-44/h1-30,45-48H,31-38H2/t45-,46+,47-,48-/m1/s1. The molecule has 0 N–H and O–H groups in total. The summed E-state index contributed by atoms with van der Waals surface area (Å²) in [7, 11) is -8.44. The van der Waals surface area contributed by atoms with Crippen molar-refractivity contribution in [3.8, 4) is 0 Å². The molecule has 0 amide bonds. The lowest BCUT2D eigenvalue weighted by Crippen LogP contribution is -2.40. The number of hydrogen-bond donors (Lipinski definition) is 0. The summed E-state index contributed by atoms with van der Waals surface area (Å²) in [6.45, 7) is -0.214. The maximum atomic E-state index is 14.4. The van der Waals surface area contributed by atoms with Crippen molar-refractivity contribution in [1.29, 1.82) is 0 Å². The minimum absolute atomic E-state index is 0.0209. The molecule has 7 rings (SSSR count). The molecule has 11 nitrogen and oxygen atoms in total. The highest BCUT2D eigenvalue weighted by Gasteiger charge is 2.49. The van der Waals surface area contributed by atoms with Gasteiger partial charge >= 0.3 is 15.6 Å². The summed E-state index contributed by atoms with van der Waals surface area (Å²) in [4.78, 5) is 0. The van der Waals surface area contributed by atoms with Crippen molar-refractivity contribution in [1.82, 2.24) is 0 Å². The highest BCUT2D eigenvalue weighted by Crippen LogP contribution is 2.53. The molecule has 13 heteroatoms. The predicted octanol–water partition coefficient (Wildman–Crippen LogP) is 11.0. The number of rotatable bonds is 24. The summed E-state index contributed by atoms with van der Waals surface area (Å²) >= 11 is 0. The molecule has 1 fully saturated rings. The lowest BCUT2D eigenvalue weighted by molar-refractivity contribution is -0.0859. The monoisotopic (exact) mass is 864 g/mol. The van der Waals surface area contributed by atoms with Gasteiger partial charge in [0, 0.05) is 0 Å². The summed E-state index contributed by atoms with van der Waals surface area (Å²) < 4.78 is 84.7. The fourth-order valence-electron chi connectivity index (χ4n) is 6.47. The van der Waals surface area contributed by atoms with Gasteiger partial charge in [0.05, 0.1) is 52.9 Å². The highest BCUT2D eigenvalue weighted by molar-refractivity contribution is 7.48. The minimum atomic E-state index is -4.22. The zero-order valence-corrected chi connectivity index (χ0v) is 35.5. The molecule has 0 aromatic heterocycles. The van der Waals surface area contributed by atoms with Crippen LogP contribution in [0.1, 0.15) is 33.4 Å². The lowest BCUT2D eigenvalue weighted by atomic mass is 10.1. The van der Waals surface area contributed by atoms with Crippen LogP contribution in [-0.2, 0) is 90.1 Å². The van der Waals surface area contributed by atoms with Gasteiger partial charge in [-0.05, 0) is 33.4 Å². The number of ether oxygens (including phenoxy) is 3. The van der Waals surface area contributed by atoms with Crippen molar-refractivity contribution in [3.63, 3.8) is 0 Å². The van der Waals surface area contributed by atoms with Crippen LogP contribution in [0.15, 0.2) is 182 Å². The summed E-state index contributed by atoms with van der Waals surface area (Å²) in [5.74, 6) is 0. The largest absolute Gasteiger partial charge is 0.475 e. The maximum Gasteiger partial charge on any atom is 0.475 e. The van der Waals surface area contributed by atoms with Gasteiger partial charge in [-0.25, -0.2) is 9.13 Å². The molecule has 61 heavy (non-hydrogen) atoms. The fraction of sp³-hybridized carbons (Fsp3) is 0.250. The number of phosphoric ester groups is 2. The fourth-order valence-corrected chi connectivity index (χ4v) is 8.81. The van der Waals surface area contributed by atoms with Crippen LogP contribution >= 0.6 is 15.6 Å². The van der Waals surface area contributed by atoms with Gasteiger partial charge < -0.3 is 14.2 Å². The van der Waals surface area contributed by atoms with E-state index in [1.165, 1.54) is 0 Å². The Kier molecular flexibility index (Phi) is 16.8. The third kappa shape index (κ3) is 14.2. The van der Waals surface area contributed by atoms with Gasteiger partial charge in [0.2, 0.25) is 0 Å². The Hall–Kier alpha value is -4.58. The van der Waals surface area contributed by atoms with Crippen LogP contribution in [0.2, 0.25) is 0 Å². The topological polar surface area (TPSA) is 117 Å². The molecule has 0 aliphatic carbocycles. The number of phosphoric acid groups is 2. The van der Waals surface area contributed by atoms with Gasteiger partial charge in [-0.3, -0.25) is 27.1 Å². The Bertz CT molecular complexity index is 1980.